The third-order valence-electron chi connectivity index (χ3n) is 3.12. The summed E-state index contributed by atoms with van der Waals surface area (Å²) in [5, 5.41) is 2.53. The van der Waals surface area contributed by atoms with Crippen LogP contribution in [-0.4, -0.2) is 38.9 Å². The molecule has 2 rings (SSSR count). The molecule has 0 radical (unpaired) electrons. The molecule has 6 nitrogen and oxygen atoms in total. The quantitative estimate of drug-likeness (QED) is 0.854. The smallest absolute Gasteiger partial charge is 0.387 e. The van der Waals surface area contributed by atoms with E-state index in [4.69, 9.17) is 15.2 Å². The predicted molar refractivity (Wildman–Crippen MR) is 70.5 cm³/mol. The number of anilines is 1. The Bertz CT molecular complexity index is 513. The molecule has 0 aromatic heterocycles. The number of nitrogens with two attached hydrogens (primary N) is 1. The van der Waals surface area contributed by atoms with Crippen LogP contribution in [-0.2, 0) is 9.53 Å². The van der Waals surface area contributed by atoms with Crippen molar-refractivity contribution in [2.45, 2.75) is 12.7 Å². The van der Waals surface area contributed by atoms with Crippen LogP contribution in [0, 0.1) is 5.92 Å². The molecule has 8 heteroatoms. The molecule has 2 atom stereocenters. The van der Waals surface area contributed by atoms with Crippen molar-refractivity contribution in [2.24, 2.45) is 11.7 Å². The molecule has 1 amide bonds. The Hall–Kier alpha value is -1.93. The zero-order valence-corrected chi connectivity index (χ0v) is 11.3. The average Bonchev–Trinajstić information content (AvgIpc) is 2.86. The van der Waals surface area contributed by atoms with Crippen LogP contribution in [0.15, 0.2) is 18.2 Å². The van der Waals surface area contributed by atoms with E-state index in [1.807, 2.05) is 0 Å². The monoisotopic (exact) mass is 302 g/mol. The molecule has 2 unspecified atom stereocenters. The molecule has 1 saturated heterocycles. The van der Waals surface area contributed by atoms with Crippen molar-refractivity contribution < 1.29 is 27.8 Å². The minimum Gasteiger partial charge on any atom is -0.497 e. The number of amides is 1. The van der Waals surface area contributed by atoms with Crippen LogP contribution in [0.2, 0.25) is 0 Å². The van der Waals surface area contributed by atoms with Crippen molar-refractivity contribution in [3.63, 3.8) is 0 Å². The summed E-state index contributed by atoms with van der Waals surface area (Å²) in [6.07, 6.45) is 0. The van der Waals surface area contributed by atoms with Crippen LogP contribution in [0.5, 0.6) is 11.5 Å². The third-order valence-corrected chi connectivity index (χ3v) is 3.12. The van der Waals surface area contributed by atoms with E-state index >= 15 is 0 Å². The average molecular weight is 302 g/mol. The molecule has 0 spiro atoms. The molecule has 0 aliphatic carbocycles. The van der Waals surface area contributed by atoms with Crippen molar-refractivity contribution in [1.82, 2.24) is 0 Å². The highest BCUT2D eigenvalue weighted by atomic mass is 19.3. The molecule has 1 aliphatic rings. The summed E-state index contributed by atoms with van der Waals surface area (Å²) in [5.74, 6) is -0.687. The molecule has 0 bridgehead atoms. The largest absolute Gasteiger partial charge is 0.497 e. The summed E-state index contributed by atoms with van der Waals surface area (Å²) in [6.45, 7) is -2.51. The normalized spacial score (nSPS) is 21.4. The number of carbonyl (C=O) groups is 1. The van der Waals surface area contributed by atoms with Crippen LogP contribution in [0.1, 0.15) is 0 Å². The molecule has 116 valence electrons. The Morgan fingerprint density at radius 1 is 1.48 bits per heavy atom. The van der Waals surface area contributed by atoms with Gasteiger partial charge in [0.2, 0.25) is 5.91 Å². The summed E-state index contributed by atoms with van der Waals surface area (Å²) >= 11 is 0. The summed E-state index contributed by atoms with van der Waals surface area (Å²) in [6, 6.07) is 3.73. The van der Waals surface area contributed by atoms with Gasteiger partial charge in [-0.15, -0.1) is 0 Å². The van der Waals surface area contributed by atoms with E-state index in [1.54, 1.807) is 0 Å². The number of ether oxygens (including phenoxy) is 3. The molecule has 1 heterocycles. The Morgan fingerprint density at radius 3 is 2.81 bits per heavy atom. The Kier molecular flexibility index (Phi) is 4.92. The van der Waals surface area contributed by atoms with Crippen LogP contribution in [0.25, 0.3) is 0 Å². The zero-order valence-electron chi connectivity index (χ0n) is 11.3. The predicted octanol–water partition coefficient (Wildman–Crippen LogP) is 1.21. The van der Waals surface area contributed by atoms with Crippen LogP contribution in [0.4, 0.5) is 14.5 Å². The lowest BCUT2D eigenvalue weighted by molar-refractivity contribution is -0.120. The van der Waals surface area contributed by atoms with Crippen LogP contribution < -0.4 is 20.5 Å². The van der Waals surface area contributed by atoms with Gasteiger partial charge in [-0.25, -0.2) is 0 Å². The highest BCUT2D eigenvalue weighted by molar-refractivity contribution is 5.95. The van der Waals surface area contributed by atoms with E-state index in [-0.39, 0.29) is 24.7 Å². The van der Waals surface area contributed by atoms with Gasteiger partial charge in [0.05, 0.1) is 31.9 Å². The van der Waals surface area contributed by atoms with E-state index in [9.17, 15) is 13.6 Å². The van der Waals surface area contributed by atoms with Gasteiger partial charge >= 0.3 is 6.61 Å². The first-order chi connectivity index (χ1) is 10.0. The van der Waals surface area contributed by atoms with Gasteiger partial charge in [-0.1, -0.05) is 0 Å². The fourth-order valence-corrected chi connectivity index (χ4v) is 2.00. The van der Waals surface area contributed by atoms with Gasteiger partial charge in [0.15, 0.2) is 0 Å². The van der Waals surface area contributed by atoms with Gasteiger partial charge in [-0.05, 0) is 12.1 Å². The second kappa shape index (κ2) is 6.68. The number of halogens is 2. The number of alkyl halides is 2. The summed E-state index contributed by atoms with van der Waals surface area (Å²) in [5.41, 5.74) is 5.84. The van der Waals surface area contributed by atoms with Crippen molar-refractivity contribution >= 4 is 11.6 Å². The molecule has 1 aromatic carbocycles. The lowest BCUT2D eigenvalue weighted by Gasteiger charge is -2.16. The standard InChI is InChI=1S/C13H16F2N2O4/c1-19-7-2-3-11(21-13(14)15)10(4-7)17-12(18)8-5-20-6-9(8)16/h2-4,8-9,13H,5-6,16H2,1H3,(H,17,18). The lowest BCUT2D eigenvalue weighted by Crippen LogP contribution is -2.37. The van der Waals surface area contributed by atoms with Crippen LogP contribution in [0.3, 0.4) is 0 Å². The Balaban J connectivity index is 2.18. The number of nitrogens with one attached hydrogen (secondary N) is 1. The van der Waals surface area contributed by atoms with Crippen molar-refractivity contribution in [3.05, 3.63) is 18.2 Å². The van der Waals surface area contributed by atoms with Gasteiger partial charge in [-0.2, -0.15) is 8.78 Å². The van der Waals surface area contributed by atoms with Crippen LogP contribution >= 0.6 is 0 Å². The third kappa shape index (κ3) is 3.79. The van der Waals surface area contributed by atoms with Gasteiger partial charge in [0.1, 0.15) is 11.5 Å². The molecular formula is C13H16F2N2O4. The number of benzene rings is 1. The topological polar surface area (TPSA) is 82.8 Å². The number of hydrogen-bond donors (Lipinski definition) is 2. The van der Waals surface area contributed by atoms with E-state index in [0.29, 0.717) is 5.75 Å². The second-order valence-corrected chi connectivity index (χ2v) is 4.54. The molecular weight excluding hydrogens is 286 g/mol. The van der Waals surface area contributed by atoms with Gasteiger partial charge in [-0.3, -0.25) is 4.79 Å². The van der Waals surface area contributed by atoms with E-state index in [0.717, 1.165) is 0 Å². The van der Waals surface area contributed by atoms with E-state index in [2.05, 4.69) is 10.1 Å². The first-order valence-corrected chi connectivity index (χ1v) is 6.28. The van der Waals surface area contributed by atoms with E-state index in [1.165, 1.54) is 25.3 Å². The minimum absolute atomic E-state index is 0.0961. The maximum absolute atomic E-state index is 12.4. The second-order valence-electron chi connectivity index (χ2n) is 4.54. The molecule has 0 saturated carbocycles. The molecule has 1 aliphatic heterocycles. The fraction of sp³-hybridized carbons (Fsp3) is 0.462. The summed E-state index contributed by atoms with van der Waals surface area (Å²) in [7, 11) is 1.43. The molecule has 1 aromatic rings. The van der Waals surface area contributed by atoms with Gasteiger partial charge in [0.25, 0.3) is 0 Å². The summed E-state index contributed by atoms with van der Waals surface area (Å²) in [4.78, 5) is 12.1. The molecule has 1 fully saturated rings. The van der Waals surface area contributed by atoms with Crippen molar-refractivity contribution in [3.8, 4) is 11.5 Å². The highest BCUT2D eigenvalue weighted by Gasteiger charge is 2.31. The first-order valence-electron chi connectivity index (χ1n) is 6.28. The first kappa shape index (κ1) is 15.5. The SMILES string of the molecule is COc1ccc(OC(F)F)c(NC(=O)C2COCC2N)c1. The van der Waals surface area contributed by atoms with Crippen molar-refractivity contribution in [2.75, 3.05) is 25.6 Å². The summed E-state index contributed by atoms with van der Waals surface area (Å²) < 4.78 is 39.2. The van der Waals surface area contributed by atoms with Crippen molar-refractivity contribution in [1.29, 1.82) is 0 Å². The number of carbonyl (C=O) groups excluding carboxylic acids is 1. The maximum atomic E-state index is 12.4. The number of methoxy groups -OCH3 is 1. The zero-order chi connectivity index (χ0) is 15.4. The minimum atomic E-state index is -2.99. The molecule has 3 N–H and O–H groups in total. The number of hydrogen-bond acceptors (Lipinski definition) is 5. The molecule has 21 heavy (non-hydrogen) atoms. The fourth-order valence-electron chi connectivity index (χ4n) is 2.00. The lowest BCUT2D eigenvalue weighted by atomic mass is 10.0. The van der Waals surface area contributed by atoms with Gasteiger partial charge < -0.3 is 25.3 Å². The van der Waals surface area contributed by atoms with E-state index < -0.39 is 24.5 Å². The highest BCUT2D eigenvalue weighted by Crippen LogP contribution is 2.31. The van der Waals surface area contributed by atoms with Gasteiger partial charge in [0, 0.05) is 12.1 Å². The Labute approximate surface area is 120 Å². The Morgan fingerprint density at radius 2 is 2.24 bits per heavy atom. The maximum Gasteiger partial charge on any atom is 0.387 e. The number of rotatable bonds is 5.